The molecule has 0 radical (unpaired) electrons. The highest BCUT2D eigenvalue weighted by Crippen LogP contribution is 2.35. The Bertz CT molecular complexity index is 599. The van der Waals surface area contributed by atoms with Crippen molar-refractivity contribution in [3.05, 3.63) is 18.2 Å². The maximum atomic E-state index is 12.2. The van der Waals surface area contributed by atoms with E-state index in [0.717, 1.165) is 24.4 Å². The van der Waals surface area contributed by atoms with Gasteiger partial charge in [-0.25, -0.2) is 13.1 Å². The lowest BCUT2D eigenvalue weighted by Gasteiger charge is -2.36. The Morgan fingerprint density at radius 3 is 2.76 bits per heavy atom. The van der Waals surface area contributed by atoms with Gasteiger partial charge in [0.15, 0.2) is 0 Å². The van der Waals surface area contributed by atoms with Crippen LogP contribution in [0, 0.1) is 5.92 Å². The number of hydrogen-bond acceptors (Lipinski definition) is 4. The summed E-state index contributed by atoms with van der Waals surface area (Å²) in [6.07, 6.45) is 0.895. The summed E-state index contributed by atoms with van der Waals surface area (Å²) in [5, 5.41) is 0. The number of likely N-dealkylation sites (N-methyl/N-ethyl adjacent to an activating group) is 1. The topological polar surface area (TPSA) is 58.6 Å². The first-order chi connectivity index (χ1) is 9.85. The summed E-state index contributed by atoms with van der Waals surface area (Å²) >= 11 is 0. The van der Waals surface area contributed by atoms with E-state index in [1.54, 1.807) is 18.2 Å². The average molecular weight is 312 g/mol. The highest BCUT2D eigenvalue weighted by atomic mass is 32.2. The maximum absolute atomic E-state index is 12.2. The van der Waals surface area contributed by atoms with Gasteiger partial charge in [0.25, 0.3) is 0 Å². The third kappa shape index (κ3) is 3.49. The van der Waals surface area contributed by atoms with Crippen molar-refractivity contribution >= 4 is 15.7 Å². The monoisotopic (exact) mass is 312 g/mol. The van der Waals surface area contributed by atoms with Crippen LogP contribution in [-0.2, 0) is 10.0 Å². The van der Waals surface area contributed by atoms with E-state index in [0.29, 0.717) is 12.5 Å². The Labute approximate surface area is 127 Å². The van der Waals surface area contributed by atoms with E-state index in [9.17, 15) is 8.42 Å². The molecule has 1 unspecified atom stereocenters. The van der Waals surface area contributed by atoms with Crippen molar-refractivity contribution in [3.8, 4) is 5.75 Å². The maximum Gasteiger partial charge on any atom is 0.240 e. The highest BCUT2D eigenvalue weighted by molar-refractivity contribution is 7.89. The van der Waals surface area contributed by atoms with Gasteiger partial charge in [0.05, 0.1) is 17.1 Å². The van der Waals surface area contributed by atoms with Crippen LogP contribution in [0.3, 0.4) is 0 Å². The first-order valence-corrected chi connectivity index (χ1v) is 8.85. The van der Waals surface area contributed by atoms with Gasteiger partial charge in [0, 0.05) is 13.6 Å². The number of hydrogen-bond donors (Lipinski definition) is 1. The minimum absolute atomic E-state index is 0.128. The van der Waals surface area contributed by atoms with Gasteiger partial charge >= 0.3 is 0 Å². The molecular weight excluding hydrogens is 288 g/mol. The number of nitrogens with zero attached hydrogens (tertiary/aromatic N) is 1. The van der Waals surface area contributed by atoms with E-state index in [1.165, 1.54) is 0 Å². The highest BCUT2D eigenvalue weighted by Gasteiger charge is 2.27. The van der Waals surface area contributed by atoms with Gasteiger partial charge in [-0.3, -0.25) is 0 Å². The number of sulfonamides is 1. The lowest BCUT2D eigenvalue weighted by molar-refractivity contribution is 0.147. The molecule has 5 nitrogen and oxygen atoms in total. The van der Waals surface area contributed by atoms with Gasteiger partial charge in [-0.15, -0.1) is 0 Å². The van der Waals surface area contributed by atoms with Gasteiger partial charge in [-0.2, -0.15) is 0 Å². The first kappa shape index (κ1) is 16.1. The molecule has 0 amide bonds. The Hall–Kier alpha value is -1.27. The van der Waals surface area contributed by atoms with Crippen LogP contribution in [-0.4, -0.2) is 34.7 Å². The second-order valence-corrected chi connectivity index (χ2v) is 7.58. The summed E-state index contributed by atoms with van der Waals surface area (Å²) in [6, 6.07) is 5.04. The summed E-state index contributed by atoms with van der Waals surface area (Å²) in [5.74, 6) is 1.16. The molecule has 1 atom stereocenters. The van der Waals surface area contributed by atoms with Crippen LogP contribution in [0.4, 0.5) is 5.69 Å². The van der Waals surface area contributed by atoms with E-state index in [2.05, 4.69) is 23.5 Å². The SMILES string of the molecule is CCCNS(=O)(=O)c1ccc2c(c1)N(C)CC(C(C)C)O2. The van der Waals surface area contributed by atoms with Crippen LogP contribution >= 0.6 is 0 Å². The van der Waals surface area contributed by atoms with Gasteiger partial charge in [0.2, 0.25) is 10.0 Å². The van der Waals surface area contributed by atoms with Gasteiger partial charge < -0.3 is 9.64 Å². The van der Waals surface area contributed by atoms with Crippen LogP contribution in [0.25, 0.3) is 0 Å². The van der Waals surface area contributed by atoms with E-state index in [-0.39, 0.29) is 11.0 Å². The molecule has 1 heterocycles. The van der Waals surface area contributed by atoms with Crippen molar-refractivity contribution in [1.29, 1.82) is 0 Å². The largest absolute Gasteiger partial charge is 0.486 e. The fourth-order valence-corrected chi connectivity index (χ4v) is 3.45. The third-order valence-electron chi connectivity index (χ3n) is 3.67. The third-order valence-corrected chi connectivity index (χ3v) is 5.13. The normalized spacial score (nSPS) is 18.5. The first-order valence-electron chi connectivity index (χ1n) is 7.36. The number of benzene rings is 1. The molecule has 0 saturated carbocycles. The number of ether oxygens (including phenoxy) is 1. The van der Waals surface area contributed by atoms with Crippen molar-refractivity contribution in [2.45, 2.75) is 38.2 Å². The smallest absolute Gasteiger partial charge is 0.240 e. The minimum atomic E-state index is -3.44. The molecule has 21 heavy (non-hydrogen) atoms. The van der Waals surface area contributed by atoms with Crippen LogP contribution in [0.2, 0.25) is 0 Å². The van der Waals surface area contributed by atoms with Gasteiger partial charge in [-0.1, -0.05) is 20.8 Å². The molecule has 0 aromatic heterocycles. The predicted octanol–water partition coefficient (Wildman–Crippen LogP) is 2.23. The zero-order valence-electron chi connectivity index (χ0n) is 13.1. The summed E-state index contributed by atoms with van der Waals surface area (Å²) in [4.78, 5) is 2.34. The van der Waals surface area contributed by atoms with Crippen LogP contribution in [0.1, 0.15) is 27.2 Å². The summed E-state index contributed by atoms with van der Waals surface area (Å²) in [5.41, 5.74) is 0.825. The van der Waals surface area contributed by atoms with E-state index < -0.39 is 10.0 Å². The zero-order valence-corrected chi connectivity index (χ0v) is 13.9. The van der Waals surface area contributed by atoms with Crippen LogP contribution in [0.15, 0.2) is 23.1 Å². The molecule has 0 bridgehead atoms. The molecule has 0 spiro atoms. The number of rotatable bonds is 5. The van der Waals surface area contributed by atoms with Crippen molar-refractivity contribution in [3.63, 3.8) is 0 Å². The second kappa shape index (κ2) is 6.23. The fraction of sp³-hybridized carbons (Fsp3) is 0.600. The molecule has 6 heteroatoms. The van der Waals surface area contributed by atoms with Crippen molar-refractivity contribution in [2.24, 2.45) is 5.92 Å². The predicted molar refractivity (Wildman–Crippen MR) is 84.4 cm³/mol. The Morgan fingerprint density at radius 2 is 2.14 bits per heavy atom. The molecule has 0 aliphatic carbocycles. The molecule has 1 aliphatic rings. The molecule has 1 aromatic carbocycles. The lowest BCUT2D eigenvalue weighted by atomic mass is 10.0. The molecule has 118 valence electrons. The van der Waals surface area contributed by atoms with Crippen molar-refractivity contribution < 1.29 is 13.2 Å². The summed E-state index contributed by atoms with van der Waals surface area (Å²) in [7, 11) is -1.48. The average Bonchev–Trinajstić information content (AvgIpc) is 2.44. The van der Waals surface area contributed by atoms with Crippen LogP contribution in [0.5, 0.6) is 5.75 Å². The molecule has 0 saturated heterocycles. The number of fused-ring (bicyclic) bond motifs is 1. The van der Waals surface area contributed by atoms with E-state index in [4.69, 9.17) is 4.74 Å². The number of nitrogens with one attached hydrogen (secondary N) is 1. The van der Waals surface area contributed by atoms with Crippen LogP contribution < -0.4 is 14.4 Å². The van der Waals surface area contributed by atoms with E-state index >= 15 is 0 Å². The molecular formula is C15H24N2O3S. The molecule has 1 N–H and O–H groups in total. The van der Waals surface area contributed by atoms with Gasteiger partial charge in [0.1, 0.15) is 11.9 Å². The fourth-order valence-electron chi connectivity index (χ4n) is 2.30. The second-order valence-electron chi connectivity index (χ2n) is 5.81. The molecule has 1 aliphatic heterocycles. The zero-order chi connectivity index (χ0) is 15.6. The molecule has 0 fully saturated rings. The Balaban J connectivity index is 2.30. The minimum Gasteiger partial charge on any atom is -0.486 e. The summed E-state index contributed by atoms with van der Waals surface area (Å²) in [6.45, 7) is 7.38. The summed E-state index contributed by atoms with van der Waals surface area (Å²) < 4.78 is 32.9. The Kier molecular flexibility index (Phi) is 4.78. The van der Waals surface area contributed by atoms with E-state index in [1.807, 2.05) is 14.0 Å². The Morgan fingerprint density at radius 1 is 1.43 bits per heavy atom. The quantitative estimate of drug-likeness (QED) is 0.906. The standard InChI is InChI=1S/C15H24N2O3S/c1-5-8-16-21(18,19)12-6-7-14-13(9-12)17(4)10-15(20-14)11(2)3/h6-7,9,11,15-16H,5,8,10H2,1-4H3. The van der Waals surface area contributed by atoms with Gasteiger partial charge in [-0.05, 0) is 30.5 Å². The number of anilines is 1. The van der Waals surface area contributed by atoms with Crippen molar-refractivity contribution in [1.82, 2.24) is 4.72 Å². The lowest BCUT2D eigenvalue weighted by Crippen LogP contribution is -2.40. The molecule has 2 rings (SSSR count). The van der Waals surface area contributed by atoms with Crippen molar-refractivity contribution in [2.75, 3.05) is 25.0 Å². The molecule has 1 aromatic rings.